The van der Waals surface area contributed by atoms with Gasteiger partial charge in [0.1, 0.15) is 5.82 Å². The highest BCUT2D eigenvalue weighted by atomic mass is 16.4. The number of pyridine rings is 1. The predicted octanol–water partition coefficient (Wildman–Crippen LogP) is 2.11. The lowest BCUT2D eigenvalue weighted by molar-refractivity contribution is 0.0697. The van der Waals surface area contributed by atoms with Crippen LogP contribution < -0.4 is 11.1 Å². The molecule has 2 rings (SSSR count). The molecule has 1 aromatic carbocycles. The maximum Gasteiger partial charge on any atom is 0.335 e. The number of anilines is 3. The molecule has 0 saturated heterocycles. The molecule has 0 aliphatic carbocycles. The molecule has 1 aromatic heterocycles. The zero-order valence-electron chi connectivity index (χ0n) is 8.92. The van der Waals surface area contributed by atoms with Crippen molar-refractivity contribution >= 4 is 23.2 Å². The van der Waals surface area contributed by atoms with Gasteiger partial charge in [-0.05, 0) is 24.3 Å². The van der Waals surface area contributed by atoms with E-state index in [0.717, 1.165) is 0 Å². The molecule has 0 spiro atoms. The smallest absolute Gasteiger partial charge is 0.335 e. The van der Waals surface area contributed by atoms with E-state index in [2.05, 4.69) is 10.3 Å². The number of hydrogen-bond acceptors (Lipinski definition) is 4. The van der Waals surface area contributed by atoms with Crippen molar-refractivity contribution in [2.45, 2.75) is 0 Å². The first kappa shape index (κ1) is 10.9. The largest absolute Gasteiger partial charge is 0.478 e. The predicted molar refractivity (Wildman–Crippen MR) is 65.3 cm³/mol. The van der Waals surface area contributed by atoms with Crippen LogP contribution in [0.15, 0.2) is 42.6 Å². The van der Waals surface area contributed by atoms with Gasteiger partial charge < -0.3 is 16.2 Å². The summed E-state index contributed by atoms with van der Waals surface area (Å²) in [6, 6.07) is 9.84. The summed E-state index contributed by atoms with van der Waals surface area (Å²) in [5.74, 6) is -0.387. The van der Waals surface area contributed by atoms with E-state index in [9.17, 15) is 4.79 Å². The van der Waals surface area contributed by atoms with E-state index in [1.807, 2.05) is 0 Å². The Balaban J connectivity index is 2.24. The molecule has 1 heterocycles. The first-order valence-electron chi connectivity index (χ1n) is 4.97. The second-order valence-corrected chi connectivity index (χ2v) is 3.49. The van der Waals surface area contributed by atoms with E-state index in [4.69, 9.17) is 10.8 Å². The molecule has 4 N–H and O–H groups in total. The molecule has 0 atom stereocenters. The van der Waals surface area contributed by atoms with Crippen LogP contribution in [-0.2, 0) is 0 Å². The molecular formula is C12H11N3O2. The summed E-state index contributed by atoms with van der Waals surface area (Å²) in [5.41, 5.74) is 7.09. The summed E-state index contributed by atoms with van der Waals surface area (Å²) >= 11 is 0. The van der Waals surface area contributed by atoms with Crippen molar-refractivity contribution in [3.63, 3.8) is 0 Å². The molecule has 86 valence electrons. The second kappa shape index (κ2) is 4.52. The van der Waals surface area contributed by atoms with Gasteiger partial charge in [0.25, 0.3) is 0 Å². The van der Waals surface area contributed by atoms with Gasteiger partial charge in [-0.25, -0.2) is 9.78 Å². The maximum absolute atomic E-state index is 10.8. The van der Waals surface area contributed by atoms with E-state index >= 15 is 0 Å². The topological polar surface area (TPSA) is 88.2 Å². The van der Waals surface area contributed by atoms with Gasteiger partial charge >= 0.3 is 5.97 Å². The summed E-state index contributed by atoms with van der Waals surface area (Å²) in [5, 5.41) is 11.8. The summed E-state index contributed by atoms with van der Waals surface area (Å²) in [6.07, 6.45) is 1.58. The fourth-order valence-electron chi connectivity index (χ4n) is 1.39. The lowest BCUT2D eigenvalue weighted by atomic mass is 10.2. The third-order valence-electron chi connectivity index (χ3n) is 2.17. The number of carbonyl (C=O) groups is 1. The van der Waals surface area contributed by atoms with E-state index in [1.165, 1.54) is 12.1 Å². The van der Waals surface area contributed by atoms with E-state index in [1.54, 1.807) is 30.5 Å². The highest BCUT2D eigenvalue weighted by molar-refractivity contribution is 5.89. The standard InChI is InChI=1S/C12H11N3O2/c13-9-4-5-14-11(7-9)15-10-3-1-2-8(6-10)12(16)17/h1-7H,(H,16,17)(H3,13,14,15). The number of aromatic nitrogens is 1. The maximum atomic E-state index is 10.8. The fourth-order valence-corrected chi connectivity index (χ4v) is 1.39. The Hall–Kier alpha value is -2.56. The molecule has 0 bridgehead atoms. The number of nitrogens with two attached hydrogens (primary N) is 1. The Morgan fingerprint density at radius 2 is 2.12 bits per heavy atom. The molecule has 0 amide bonds. The Morgan fingerprint density at radius 1 is 1.29 bits per heavy atom. The molecular weight excluding hydrogens is 218 g/mol. The fraction of sp³-hybridized carbons (Fsp3) is 0. The highest BCUT2D eigenvalue weighted by Gasteiger charge is 2.03. The first-order chi connectivity index (χ1) is 8.15. The van der Waals surface area contributed by atoms with Gasteiger partial charge in [0, 0.05) is 23.6 Å². The van der Waals surface area contributed by atoms with Crippen LogP contribution in [-0.4, -0.2) is 16.1 Å². The summed E-state index contributed by atoms with van der Waals surface area (Å²) in [6.45, 7) is 0. The third kappa shape index (κ3) is 2.72. The zero-order valence-corrected chi connectivity index (χ0v) is 8.92. The Bertz CT molecular complexity index is 555. The van der Waals surface area contributed by atoms with E-state index in [-0.39, 0.29) is 5.56 Å². The first-order valence-corrected chi connectivity index (χ1v) is 4.97. The average molecular weight is 229 g/mol. The van der Waals surface area contributed by atoms with Crippen molar-refractivity contribution in [3.8, 4) is 0 Å². The second-order valence-electron chi connectivity index (χ2n) is 3.49. The Labute approximate surface area is 97.9 Å². The molecule has 0 aliphatic heterocycles. The Morgan fingerprint density at radius 3 is 2.82 bits per heavy atom. The third-order valence-corrected chi connectivity index (χ3v) is 2.17. The summed E-state index contributed by atoms with van der Waals surface area (Å²) in [7, 11) is 0. The van der Waals surface area contributed by atoms with Gasteiger partial charge in [-0.2, -0.15) is 0 Å². The normalized spacial score (nSPS) is 9.88. The van der Waals surface area contributed by atoms with Gasteiger partial charge in [0.05, 0.1) is 5.56 Å². The van der Waals surface area contributed by atoms with Crippen LogP contribution in [0.3, 0.4) is 0 Å². The van der Waals surface area contributed by atoms with Crippen molar-refractivity contribution in [1.82, 2.24) is 4.98 Å². The van der Waals surface area contributed by atoms with Crippen molar-refractivity contribution < 1.29 is 9.90 Å². The number of carboxylic acid groups (broad SMARTS) is 1. The molecule has 0 radical (unpaired) electrons. The lowest BCUT2D eigenvalue weighted by Gasteiger charge is -2.06. The number of nitrogens with zero attached hydrogens (tertiary/aromatic N) is 1. The minimum absolute atomic E-state index is 0.221. The number of benzene rings is 1. The van der Waals surface area contributed by atoms with Crippen LogP contribution in [0.1, 0.15) is 10.4 Å². The minimum Gasteiger partial charge on any atom is -0.478 e. The van der Waals surface area contributed by atoms with Crippen LogP contribution in [0.25, 0.3) is 0 Å². The number of nitrogen functional groups attached to an aromatic ring is 1. The molecule has 5 heteroatoms. The summed E-state index contributed by atoms with van der Waals surface area (Å²) in [4.78, 5) is 14.9. The Kier molecular flexibility index (Phi) is 2.91. The quantitative estimate of drug-likeness (QED) is 0.750. The number of rotatable bonds is 3. The van der Waals surface area contributed by atoms with Crippen LogP contribution in [0.2, 0.25) is 0 Å². The van der Waals surface area contributed by atoms with Gasteiger partial charge in [0.15, 0.2) is 0 Å². The zero-order chi connectivity index (χ0) is 12.3. The average Bonchev–Trinajstić information content (AvgIpc) is 2.29. The molecule has 0 saturated carbocycles. The van der Waals surface area contributed by atoms with Gasteiger partial charge in [-0.15, -0.1) is 0 Å². The van der Waals surface area contributed by atoms with Gasteiger partial charge in [-0.3, -0.25) is 0 Å². The van der Waals surface area contributed by atoms with Crippen molar-refractivity contribution in [1.29, 1.82) is 0 Å². The van der Waals surface area contributed by atoms with Crippen molar-refractivity contribution in [2.24, 2.45) is 0 Å². The van der Waals surface area contributed by atoms with Gasteiger partial charge in [0.2, 0.25) is 0 Å². The minimum atomic E-state index is -0.964. The molecule has 17 heavy (non-hydrogen) atoms. The van der Waals surface area contributed by atoms with Crippen LogP contribution in [0.4, 0.5) is 17.2 Å². The lowest BCUT2D eigenvalue weighted by Crippen LogP contribution is -1.99. The van der Waals surface area contributed by atoms with Crippen molar-refractivity contribution in [2.75, 3.05) is 11.1 Å². The molecule has 0 fully saturated rings. The molecule has 5 nitrogen and oxygen atoms in total. The van der Waals surface area contributed by atoms with Crippen LogP contribution >= 0.6 is 0 Å². The number of hydrogen-bond donors (Lipinski definition) is 3. The number of nitrogens with one attached hydrogen (secondary N) is 1. The van der Waals surface area contributed by atoms with Crippen molar-refractivity contribution in [3.05, 3.63) is 48.2 Å². The van der Waals surface area contributed by atoms with Gasteiger partial charge in [-0.1, -0.05) is 6.07 Å². The number of aromatic carboxylic acids is 1. The molecule has 2 aromatic rings. The van der Waals surface area contributed by atoms with Crippen LogP contribution in [0, 0.1) is 0 Å². The monoisotopic (exact) mass is 229 g/mol. The van der Waals surface area contributed by atoms with E-state index < -0.39 is 5.97 Å². The molecule has 0 unspecified atom stereocenters. The molecule has 0 aliphatic rings. The number of carboxylic acids is 1. The van der Waals surface area contributed by atoms with E-state index in [0.29, 0.717) is 17.2 Å². The SMILES string of the molecule is Nc1ccnc(Nc2cccc(C(=O)O)c2)c1. The highest BCUT2D eigenvalue weighted by Crippen LogP contribution is 2.17. The summed E-state index contributed by atoms with van der Waals surface area (Å²) < 4.78 is 0. The van der Waals surface area contributed by atoms with Crippen LogP contribution in [0.5, 0.6) is 0 Å².